The molecule has 182 valence electrons. The quantitative estimate of drug-likeness (QED) is 0.479. The molecule has 0 bridgehead atoms. The molecule has 0 saturated carbocycles. The second-order valence-electron chi connectivity index (χ2n) is 7.27. The van der Waals surface area contributed by atoms with Crippen molar-refractivity contribution in [1.29, 1.82) is 0 Å². The maximum absolute atomic E-state index is 15.0. The number of carboxylic acids is 1. The first-order chi connectivity index (χ1) is 16.7. The van der Waals surface area contributed by atoms with Gasteiger partial charge in [0.1, 0.15) is 17.2 Å². The van der Waals surface area contributed by atoms with Gasteiger partial charge in [-0.05, 0) is 23.1 Å². The minimum Gasteiger partial charge on any atom is -0.496 e. The number of fused-ring (bicyclic) bond motifs is 1. The number of nitrogens with zero attached hydrogens (tertiary/aromatic N) is 1. The smallest absolute Gasteiger partial charge is 0.346 e. The number of amides is 2. The lowest BCUT2D eigenvalue weighted by atomic mass is 10.0. The Kier molecular flexibility index (Phi) is 6.39. The summed E-state index contributed by atoms with van der Waals surface area (Å²) in [4.78, 5) is 37.6. The number of halogens is 3. The van der Waals surface area contributed by atoms with Gasteiger partial charge in [-0.25, -0.2) is 22.9 Å². The van der Waals surface area contributed by atoms with Crippen LogP contribution in [0.2, 0.25) is 0 Å². The Bertz CT molecular complexity index is 1370. The first-order valence-corrected chi connectivity index (χ1v) is 10.8. The number of hydrogen-bond acceptors (Lipinski definition) is 7. The summed E-state index contributed by atoms with van der Waals surface area (Å²) < 4.78 is 58.7. The third kappa shape index (κ3) is 4.16. The van der Waals surface area contributed by atoms with E-state index in [1.54, 1.807) is 0 Å². The van der Waals surface area contributed by atoms with Gasteiger partial charge in [0, 0.05) is 12.1 Å². The van der Waals surface area contributed by atoms with E-state index >= 15 is 0 Å². The monoisotopic (exact) mass is 507 g/mol. The Balaban J connectivity index is 1.74. The van der Waals surface area contributed by atoms with Gasteiger partial charge in [0.05, 0.1) is 37.5 Å². The summed E-state index contributed by atoms with van der Waals surface area (Å²) in [5.41, 5.74) is -0.751. The van der Waals surface area contributed by atoms with Crippen LogP contribution in [-0.2, 0) is 17.8 Å². The molecular formula is C23H16F3NO7S. The number of methoxy groups -OCH3 is 2. The number of carbonyl (C=O) groups is 3. The van der Waals surface area contributed by atoms with Gasteiger partial charge in [0.15, 0.2) is 29.0 Å². The molecule has 2 heterocycles. The Morgan fingerprint density at radius 3 is 2.43 bits per heavy atom. The van der Waals surface area contributed by atoms with Crippen molar-refractivity contribution >= 4 is 34.8 Å². The summed E-state index contributed by atoms with van der Waals surface area (Å²) in [7, 11) is 2.46. The van der Waals surface area contributed by atoms with Gasteiger partial charge in [-0.3, -0.25) is 9.59 Å². The molecule has 35 heavy (non-hydrogen) atoms. The van der Waals surface area contributed by atoms with Crippen LogP contribution in [0.25, 0.3) is 0 Å². The number of hydrogen-bond donors (Lipinski definition) is 1. The van der Waals surface area contributed by atoms with Gasteiger partial charge in [0.25, 0.3) is 5.91 Å². The van der Waals surface area contributed by atoms with E-state index in [0.29, 0.717) is 4.90 Å². The average Bonchev–Trinajstić information content (AvgIpc) is 3.25. The number of aromatic carboxylic acids is 1. The zero-order chi connectivity index (χ0) is 25.4. The molecule has 0 radical (unpaired) electrons. The van der Waals surface area contributed by atoms with Crippen LogP contribution in [0.4, 0.5) is 18.9 Å². The fourth-order valence-electron chi connectivity index (χ4n) is 3.65. The van der Waals surface area contributed by atoms with Crippen LogP contribution in [0.3, 0.4) is 0 Å². The van der Waals surface area contributed by atoms with E-state index in [1.807, 2.05) is 0 Å². The minimum absolute atomic E-state index is 0.00206. The highest BCUT2D eigenvalue weighted by atomic mass is 32.1. The van der Waals surface area contributed by atoms with E-state index in [4.69, 9.17) is 14.2 Å². The minimum atomic E-state index is -1.36. The lowest BCUT2D eigenvalue weighted by Gasteiger charge is -2.26. The Morgan fingerprint density at radius 2 is 1.77 bits per heavy atom. The van der Waals surface area contributed by atoms with Gasteiger partial charge < -0.3 is 19.3 Å². The fraction of sp³-hybridized carbons (Fsp3) is 0.174. The molecule has 0 aliphatic carbocycles. The molecule has 8 nitrogen and oxygen atoms in total. The molecule has 0 spiro atoms. The summed E-state index contributed by atoms with van der Waals surface area (Å²) in [5, 5.41) is 10.8. The standard InChI is InChI=1S/C23H16F3NO7S/c1-32-15-4-3-12(24)20(26)11(15)8-34-17-7-14(13(25)6-16(17)33-2)27-18(28)5-10-9-35-21(23(30)31)19(10)22(27)29/h3-4,6-7,9H,5,8H2,1-2H3,(H,30,31). The van der Waals surface area contributed by atoms with Crippen molar-refractivity contribution in [3.63, 3.8) is 0 Å². The Hall–Kier alpha value is -4.06. The van der Waals surface area contributed by atoms with Crippen LogP contribution in [-0.4, -0.2) is 37.1 Å². The largest absolute Gasteiger partial charge is 0.496 e. The SMILES string of the molecule is COc1cc(F)c(N2C(=O)Cc3csc(C(=O)O)c3C2=O)cc1OCc1c(OC)ccc(F)c1F. The number of imide groups is 1. The van der Waals surface area contributed by atoms with Gasteiger partial charge in [-0.2, -0.15) is 0 Å². The molecule has 12 heteroatoms. The van der Waals surface area contributed by atoms with Gasteiger partial charge >= 0.3 is 5.97 Å². The third-order valence-corrected chi connectivity index (χ3v) is 6.31. The van der Waals surface area contributed by atoms with Crippen molar-refractivity contribution in [2.24, 2.45) is 0 Å². The lowest BCUT2D eigenvalue weighted by molar-refractivity contribution is -0.117. The normalized spacial score (nSPS) is 13.0. The topological polar surface area (TPSA) is 102 Å². The molecule has 4 rings (SSSR count). The van der Waals surface area contributed by atoms with E-state index in [1.165, 1.54) is 25.7 Å². The molecular weight excluding hydrogens is 491 g/mol. The Labute approximate surface area is 200 Å². The number of carbonyl (C=O) groups excluding carboxylic acids is 2. The molecule has 1 aliphatic heterocycles. The number of rotatable bonds is 7. The van der Waals surface area contributed by atoms with Crippen molar-refractivity contribution in [2.45, 2.75) is 13.0 Å². The van der Waals surface area contributed by atoms with Crippen molar-refractivity contribution in [1.82, 2.24) is 0 Å². The van der Waals surface area contributed by atoms with Gasteiger partial charge in [0.2, 0.25) is 5.91 Å². The lowest BCUT2D eigenvalue weighted by Crippen LogP contribution is -2.43. The zero-order valence-electron chi connectivity index (χ0n) is 18.2. The van der Waals surface area contributed by atoms with Crippen molar-refractivity contribution < 1.29 is 46.9 Å². The molecule has 0 atom stereocenters. The zero-order valence-corrected chi connectivity index (χ0v) is 19.0. The molecule has 0 unspecified atom stereocenters. The maximum Gasteiger partial charge on any atom is 0.346 e. The van der Waals surface area contributed by atoms with E-state index < -0.39 is 47.5 Å². The van der Waals surface area contributed by atoms with E-state index in [2.05, 4.69) is 0 Å². The second-order valence-corrected chi connectivity index (χ2v) is 8.15. The van der Waals surface area contributed by atoms with E-state index in [-0.39, 0.29) is 45.2 Å². The predicted molar refractivity (Wildman–Crippen MR) is 117 cm³/mol. The first-order valence-electron chi connectivity index (χ1n) is 9.90. The molecule has 3 aromatic rings. The summed E-state index contributed by atoms with van der Waals surface area (Å²) in [6.07, 6.45) is -0.321. The molecule has 2 amide bonds. The molecule has 2 aromatic carbocycles. The molecule has 1 aliphatic rings. The number of thiophene rings is 1. The van der Waals surface area contributed by atoms with Gasteiger partial charge in [-0.15, -0.1) is 11.3 Å². The fourth-order valence-corrected chi connectivity index (χ4v) is 4.54. The van der Waals surface area contributed by atoms with Crippen molar-refractivity contribution in [3.8, 4) is 17.2 Å². The highest BCUT2D eigenvalue weighted by molar-refractivity contribution is 7.12. The van der Waals surface area contributed by atoms with Crippen LogP contribution in [0, 0.1) is 17.5 Å². The highest BCUT2D eigenvalue weighted by Crippen LogP contribution is 2.39. The van der Waals surface area contributed by atoms with Crippen LogP contribution in [0.1, 0.15) is 31.2 Å². The highest BCUT2D eigenvalue weighted by Gasteiger charge is 2.38. The van der Waals surface area contributed by atoms with Gasteiger partial charge in [-0.1, -0.05) is 0 Å². The number of benzene rings is 2. The summed E-state index contributed by atoms with van der Waals surface area (Å²) in [6, 6.07) is 3.93. The molecule has 0 fully saturated rings. The summed E-state index contributed by atoms with van der Waals surface area (Å²) in [6.45, 7) is -0.562. The molecule has 1 aromatic heterocycles. The van der Waals surface area contributed by atoms with Crippen LogP contribution in [0.15, 0.2) is 29.6 Å². The Morgan fingerprint density at radius 1 is 1.06 bits per heavy atom. The van der Waals surface area contributed by atoms with Crippen molar-refractivity contribution in [2.75, 3.05) is 19.1 Å². The van der Waals surface area contributed by atoms with Crippen LogP contribution < -0.4 is 19.1 Å². The molecule has 0 saturated heterocycles. The first kappa shape index (κ1) is 24.1. The third-order valence-electron chi connectivity index (χ3n) is 5.29. The number of carboxylic acid groups (broad SMARTS) is 1. The summed E-state index contributed by atoms with van der Waals surface area (Å²) >= 11 is 0.786. The van der Waals surface area contributed by atoms with Crippen molar-refractivity contribution in [3.05, 3.63) is 68.7 Å². The number of anilines is 1. The maximum atomic E-state index is 15.0. The number of ether oxygens (including phenoxy) is 3. The molecule has 1 N–H and O–H groups in total. The summed E-state index contributed by atoms with van der Waals surface area (Å²) in [5.74, 6) is -6.87. The predicted octanol–water partition coefficient (Wildman–Crippen LogP) is 4.19. The van der Waals surface area contributed by atoms with E-state index in [9.17, 15) is 32.7 Å². The average molecular weight is 507 g/mol. The van der Waals surface area contributed by atoms with Crippen LogP contribution >= 0.6 is 11.3 Å². The second kappa shape index (κ2) is 9.29. The van der Waals surface area contributed by atoms with E-state index in [0.717, 1.165) is 29.5 Å². The van der Waals surface area contributed by atoms with Crippen LogP contribution in [0.5, 0.6) is 17.2 Å².